The zero-order valence-electron chi connectivity index (χ0n) is 9.08. The van der Waals surface area contributed by atoms with E-state index >= 15 is 0 Å². The predicted molar refractivity (Wildman–Crippen MR) is 50.2 cm³/mol. The van der Waals surface area contributed by atoms with Crippen LogP contribution >= 0.6 is 0 Å². The molecule has 0 aromatic carbocycles. The van der Waals surface area contributed by atoms with Crippen molar-refractivity contribution in [3.05, 3.63) is 11.8 Å². The molecular formula is C9H14F2NO3+. The third-order valence-electron chi connectivity index (χ3n) is 1.61. The molecule has 0 unspecified atom stereocenters. The van der Waals surface area contributed by atoms with Gasteiger partial charge in [0.1, 0.15) is 20.4 Å². The van der Waals surface area contributed by atoms with Gasteiger partial charge in [-0.15, -0.1) is 0 Å². The van der Waals surface area contributed by atoms with Crippen LogP contribution in [0.15, 0.2) is 11.8 Å². The van der Waals surface area contributed by atoms with Gasteiger partial charge in [0.05, 0.1) is 14.2 Å². The number of ether oxygens (including phenoxy) is 2. The van der Waals surface area contributed by atoms with Crippen LogP contribution in [0.25, 0.3) is 0 Å². The molecule has 0 bridgehead atoms. The normalized spacial score (nSPS) is 11.3. The Labute approximate surface area is 86.8 Å². The maximum Gasteiger partial charge on any atom is 0.347 e. The van der Waals surface area contributed by atoms with Gasteiger partial charge >= 0.3 is 12.4 Å². The van der Waals surface area contributed by atoms with Gasteiger partial charge in [0.25, 0.3) is 5.71 Å². The first kappa shape index (κ1) is 13.5. The number of carbonyl (C=O) groups excluding carboxylic acids is 1. The molecule has 0 saturated carbocycles. The Morgan fingerprint density at radius 1 is 1.33 bits per heavy atom. The molecule has 0 atom stereocenters. The molecule has 0 N–H and O–H groups in total. The first-order valence-corrected chi connectivity index (χ1v) is 4.09. The number of hydrogen-bond donors (Lipinski definition) is 0. The van der Waals surface area contributed by atoms with Gasteiger partial charge in [0.2, 0.25) is 0 Å². The van der Waals surface area contributed by atoms with E-state index in [0.717, 1.165) is 17.9 Å². The van der Waals surface area contributed by atoms with Crippen molar-refractivity contribution in [1.82, 2.24) is 0 Å². The molecule has 0 fully saturated rings. The van der Waals surface area contributed by atoms with E-state index in [2.05, 4.69) is 9.47 Å². The molecule has 0 aliphatic rings. The summed E-state index contributed by atoms with van der Waals surface area (Å²) in [6.45, 7) is 0. The van der Waals surface area contributed by atoms with Crippen LogP contribution in [0.4, 0.5) is 8.78 Å². The minimum Gasteiger partial charge on any atom is -0.503 e. The second-order valence-corrected chi connectivity index (χ2v) is 2.84. The SMILES string of the molecule is COC=C(C(=O)OC)C(C(F)F)=[N+](C)C. The lowest BCUT2D eigenvalue weighted by atomic mass is 10.2. The van der Waals surface area contributed by atoms with Crippen LogP contribution in [0.1, 0.15) is 0 Å². The molecule has 0 spiro atoms. The monoisotopic (exact) mass is 222 g/mol. The fraction of sp³-hybridized carbons (Fsp3) is 0.556. The molecule has 4 nitrogen and oxygen atoms in total. The number of alkyl halides is 2. The average Bonchev–Trinajstić information content (AvgIpc) is 2.14. The van der Waals surface area contributed by atoms with E-state index in [9.17, 15) is 13.6 Å². The van der Waals surface area contributed by atoms with E-state index in [1.54, 1.807) is 0 Å². The van der Waals surface area contributed by atoms with E-state index in [4.69, 9.17) is 0 Å². The van der Waals surface area contributed by atoms with Crippen LogP contribution in [-0.2, 0) is 14.3 Å². The van der Waals surface area contributed by atoms with Gasteiger partial charge in [0, 0.05) is 0 Å². The van der Waals surface area contributed by atoms with E-state index in [0.29, 0.717) is 0 Å². The fourth-order valence-electron chi connectivity index (χ4n) is 0.994. The van der Waals surface area contributed by atoms with Crippen LogP contribution in [-0.4, -0.2) is 51.0 Å². The summed E-state index contributed by atoms with van der Waals surface area (Å²) in [5.74, 6) is -0.860. The summed E-state index contributed by atoms with van der Waals surface area (Å²) in [7, 11) is 5.20. The number of carbonyl (C=O) groups is 1. The molecule has 0 rings (SSSR count). The van der Waals surface area contributed by atoms with Crippen LogP contribution in [0.5, 0.6) is 0 Å². The van der Waals surface area contributed by atoms with Crippen molar-refractivity contribution < 1.29 is 27.6 Å². The molecule has 0 heterocycles. The van der Waals surface area contributed by atoms with E-state index in [1.807, 2.05) is 0 Å². The van der Waals surface area contributed by atoms with Crippen molar-refractivity contribution in [3.63, 3.8) is 0 Å². The van der Waals surface area contributed by atoms with Crippen LogP contribution in [0.2, 0.25) is 0 Å². The molecular weight excluding hydrogens is 208 g/mol. The molecule has 15 heavy (non-hydrogen) atoms. The van der Waals surface area contributed by atoms with E-state index < -0.39 is 18.1 Å². The zero-order valence-corrected chi connectivity index (χ0v) is 9.08. The standard InChI is InChI=1S/C9H14F2NO3/c1-12(2)7(8(10)11)6(5-14-3)9(13)15-4/h5,8H,1-4H3/q+1. The Morgan fingerprint density at radius 3 is 2.13 bits per heavy atom. The highest BCUT2D eigenvalue weighted by Gasteiger charge is 2.32. The molecule has 0 saturated heterocycles. The van der Waals surface area contributed by atoms with Gasteiger partial charge in [-0.25, -0.2) is 9.37 Å². The summed E-state index contributed by atoms with van der Waals surface area (Å²) >= 11 is 0. The summed E-state index contributed by atoms with van der Waals surface area (Å²) in [6, 6.07) is 0. The van der Waals surface area contributed by atoms with Gasteiger partial charge in [0.15, 0.2) is 5.57 Å². The number of hydrogen-bond acceptors (Lipinski definition) is 3. The molecule has 6 heteroatoms. The van der Waals surface area contributed by atoms with Crippen LogP contribution in [0.3, 0.4) is 0 Å². The highest BCUT2D eigenvalue weighted by molar-refractivity contribution is 6.18. The Bertz CT molecular complexity index is 294. The number of esters is 1. The molecule has 0 radical (unpaired) electrons. The molecule has 0 aromatic rings. The topological polar surface area (TPSA) is 38.5 Å². The summed E-state index contributed by atoms with van der Waals surface area (Å²) in [6.07, 6.45) is -1.84. The summed E-state index contributed by atoms with van der Waals surface area (Å²) in [5, 5.41) is 0. The lowest BCUT2D eigenvalue weighted by molar-refractivity contribution is -0.467. The van der Waals surface area contributed by atoms with Crippen molar-refractivity contribution in [1.29, 1.82) is 0 Å². The Kier molecular flexibility index (Phi) is 5.51. The largest absolute Gasteiger partial charge is 0.503 e. The number of halogens is 2. The zero-order chi connectivity index (χ0) is 12.0. The van der Waals surface area contributed by atoms with E-state index in [-0.39, 0.29) is 5.57 Å². The van der Waals surface area contributed by atoms with Gasteiger partial charge in [-0.2, -0.15) is 8.78 Å². The number of rotatable bonds is 4. The molecule has 0 aromatic heterocycles. The van der Waals surface area contributed by atoms with Gasteiger partial charge in [-0.1, -0.05) is 0 Å². The van der Waals surface area contributed by atoms with Crippen molar-refractivity contribution in [3.8, 4) is 0 Å². The summed E-state index contributed by atoms with van der Waals surface area (Å²) in [4.78, 5) is 11.2. The van der Waals surface area contributed by atoms with Crippen molar-refractivity contribution in [2.45, 2.75) is 6.43 Å². The summed E-state index contributed by atoms with van der Waals surface area (Å²) < 4.78 is 35.4. The van der Waals surface area contributed by atoms with Crippen molar-refractivity contribution in [2.24, 2.45) is 0 Å². The van der Waals surface area contributed by atoms with Crippen molar-refractivity contribution in [2.75, 3.05) is 28.3 Å². The van der Waals surface area contributed by atoms with Crippen molar-refractivity contribution >= 4 is 11.7 Å². The summed E-state index contributed by atoms with van der Waals surface area (Å²) in [5.41, 5.74) is -0.733. The van der Waals surface area contributed by atoms with Crippen LogP contribution < -0.4 is 0 Å². The molecule has 0 aliphatic carbocycles. The maximum absolute atomic E-state index is 12.6. The Hall–Kier alpha value is -1.46. The minimum absolute atomic E-state index is 0.292. The maximum atomic E-state index is 12.6. The Balaban J connectivity index is 5.33. The first-order chi connectivity index (χ1) is 6.95. The third-order valence-corrected chi connectivity index (χ3v) is 1.61. The highest BCUT2D eigenvalue weighted by Crippen LogP contribution is 2.09. The third kappa shape index (κ3) is 3.65. The van der Waals surface area contributed by atoms with Gasteiger partial charge in [-0.3, -0.25) is 0 Å². The minimum atomic E-state index is -2.78. The fourth-order valence-corrected chi connectivity index (χ4v) is 0.994. The number of methoxy groups -OCH3 is 2. The molecule has 0 amide bonds. The molecule has 0 aliphatic heterocycles. The second-order valence-electron chi connectivity index (χ2n) is 2.84. The predicted octanol–water partition coefficient (Wildman–Crippen LogP) is 0.668. The molecule has 86 valence electrons. The lowest BCUT2D eigenvalue weighted by Gasteiger charge is -2.05. The van der Waals surface area contributed by atoms with E-state index in [1.165, 1.54) is 21.2 Å². The van der Waals surface area contributed by atoms with Gasteiger partial charge in [-0.05, 0) is 0 Å². The quantitative estimate of drug-likeness (QED) is 0.231. The van der Waals surface area contributed by atoms with Crippen LogP contribution in [0, 0.1) is 0 Å². The smallest absolute Gasteiger partial charge is 0.347 e. The second kappa shape index (κ2) is 6.10. The van der Waals surface area contributed by atoms with Gasteiger partial charge < -0.3 is 9.47 Å². The first-order valence-electron chi connectivity index (χ1n) is 4.09. The lowest BCUT2D eigenvalue weighted by Crippen LogP contribution is -2.28. The number of nitrogens with zero attached hydrogens (tertiary/aromatic N) is 1. The average molecular weight is 222 g/mol. The Morgan fingerprint density at radius 2 is 1.87 bits per heavy atom. The highest BCUT2D eigenvalue weighted by atomic mass is 19.3.